The van der Waals surface area contributed by atoms with Gasteiger partial charge in [-0.3, -0.25) is 4.79 Å². The molecule has 2 bridgehead atoms. The highest BCUT2D eigenvalue weighted by Crippen LogP contribution is 2.40. The van der Waals surface area contributed by atoms with Crippen molar-refractivity contribution in [2.75, 3.05) is 7.11 Å². The Balaban J connectivity index is 1.69. The van der Waals surface area contributed by atoms with Crippen LogP contribution in [0.1, 0.15) is 38.5 Å². The maximum atomic E-state index is 11.8. The third-order valence-corrected chi connectivity index (χ3v) is 4.53. The number of rotatable bonds is 3. The molecule has 2 heterocycles. The lowest BCUT2D eigenvalue weighted by Gasteiger charge is -2.29. The van der Waals surface area contributed by atoms with Crippen LogP contribution in [0, 0.1) is 5.92 Å². The number of hydrogen-bond acceptors (Lipinski definition) is 4. The van der Waals surface area contributed by atoms with E-state index in [1.54, 1.807) is 0 Å². The Morgan fingerprint density at radius 3 is 2.59 bits per heavy atom. The van der Waals surface area contributed by atoms with Gasteiger partial charge in [-0.25, -0.2) is 0 Å². The van der Waals surface area contributed by atoms with Gasteiger partial charge in [0.25, 0.3) is 0 Å². The first-order valence-electron chi connectivity index (χ1n) is 6.79. The Labute approximate surface area is 102 Å². The fourth-order valence-corrected chi connectivity index (χ4v) is 3.69. The van der Waals surface area contributed by atoms with E-state index in [1.165, 1.54) is 32.8 Å². The molecule has 4 heteroatoms. The Bertz CT molecular complexity index is 301. The summed E-state index contributed by atoms with van der Waals surface area (Å²) >= 11 is 0. The van der Waals surface area contributed by atoms with E-state index in [0.717, 1.165) is 12.8 Å². The molecule has 1 saturated carbocycles. The molecular weight excluding hydrogens is 218 g/mol. The smallest absolute Gasteiger partial charge is 0.313 e. The van der Waals surface area contributed by atoms with Gasteiger partial charge in [0.1, 0.15) is 5.92 Å². The van der Waals surface area contributed by atoms with Gasteiger partial charge in [-0.15, -0.1) is 0 Å². The first-order chi connectivity index (χ1) is 8.29. The van der Waals surface area contributed by atoms with Gasteiger partial charge >= 0.3 is 5.97 Å². The molecule has 3 fully saturated rings. The number of fused-ring (bicyclic) bond motifs is 2. The Morgan fingerprint density at radius 2 is 1.88 bits per heavy atom. The third kappa shape index (κ3) is 1.97. The predicted molar refractivity (Wildman–Crippen MR) is 62.6 cm³/mol. The number of carbonyl (C=O) groups is 1. The number of hydrogen-bond donors (Lipinski definition) is 1. The molecule has 4 nitrogen and oxygen atoms in total. The molecule has 0 spiro atoms. The van der Waals surface area contributed by atoms with Gasteiger partial charge in [-0.1, -0.05) is 12.8 Å². The second-order valence-electron chi connectivity index (χ2n) is 5.51. The van der Waals surface area contributed by atoms with Crippen LogP contribution in [-0.4, -0.2) is 37.4 Å². The number of carbonyl (C=O) groups excluding carboxylic acids is 1. The molecule has 3 rings (SSSR count). The van der Waals surface area contributed by atoms with Gasteiger partial charge in [0.15, 0.2) is 0 Å². The Hall–Kier alpha value is -0.610. The van der Waals surface area contributed by atoms with E-state index in [0.29, 0.717) is 6.04 Å². The average Bonchev–Trinajstić information content (AvgIpc) is 3.03. The summed E-state index contributed by atoms with van der Waals surface area (Å²) in [6, 6.07) is 0.763. The average molecular weight is 239 g/mol. The normalized spacial score (nSPS) is 41.0. The molecule has 4 atom stereocenters. The zero-order valence-corrected chi connectivity index (χ0v) is 10.4. The van der Waals surface area contributed by atoms with Crippen molar-refractivity contribution in [2.24, 2.45) is 5.92 Å². The summed E-state index contributed by atoms with van der Waals surface area (Å²) in [7, 11) is 1.47. The second-order valence-corrected chi connectivity index (χ2v) is 5.51. The van der Waals surface area contributed by atoms with E-state index in [1.807, 2.05) is 0 Å². The second kappa shape index (κ2) is 4.58. The van der Waals surface area contributed by atoms with Crippen molar-refractivity contribution in [3.05, 3.63) is 0 Å². The highest BCUT2D eigenvalue weighted by Gasteiger charge is 2.53. The first kappa shape index (κ1) is 11.5. The van der Waals surface area contributed by atoms with Crippen LogP contribution in [0.5, 0.6) is 0 Å². The third-order valence-electron chi connectivity index (χ3n) is 4.53. The lowest BCUT2D eigenvalue weighted by molar-refractivity contribution is -0.147. The van der Waals surface area contributed by atoms with Crippen molar-refractivity contribution >= 4 is 5.97 Å². The summed E-state index contributed by atoms with van der Waals surface area (Å²) < 4.78 is 10.8. The Morgan fingerprint density at radius 1 is 1.18 bits per heavy atom. The SMILES string of the molecule is COC(=O)[C@@H]1[C@H](NC2CCCC2)[C@H]2CC[C@@H]1O2. The summed E-state index contributed by atoms with van der Waals surface area (Å²) in [5, 5.41) is 3.65. The van der Waals surface area contributed by atoms with Crippen molar-refractivity contribution in [3.63, 3.8) is 0 Å². The van der Waals surface area contributed by atoms with E-state index in [9.17, 15) is 4.79 Å². The lowest BCUT2D eigenvalue weighted by Crippen LogP contribution is -2.50. The van der Waals surface area contributed by atoms with Gasteiger partial charge < -0.3 is 14.8 Å². The molecule has 0 unspecified atom stereocenters. The highest BCUT2D eigenvalue weighted by molar-refractivity contribution is 5.74. The maximum Gasteiger partial charge on any atom is 0.313 e. The number of ether oxygens (including phenoxy) is 2. The topological polar surface area (TPSA) is 47.6 Å². The molecule has 0 amide bonds. The van der Waals surface area contributed by atoms with E-state index in [4.69, 9.17) is 9.47 Å². The molecule has 2 aliphatic heterocycles. The maximum absolute atomic E-state index is 11.8. The molecular formula is C13H21NO3. The number of methoxy groups -OCH3 is 1. The van der Waals surface area contributed by atoms with Crippen LogP contribution in [0.4, 0.5) is 0 Å². The van der Waals surface area contributed by atoms with Crippen molar-refractivity contribution in [3.8, 4) is 0 Å². The molecule has 1 aliphatic carbocycles. The van der Waals surface area contributed by atoms with E-state index < -0.39 is 0 Å². The molecule has 0 aromatic heterocycles. The van der Waals surface area contributed by atoms with Crippen LogP contribution in [0.3, 0.4) is 0 Å². The molecule has 3 aliphatic rings. The summed E-state index contributed by atoms with van der Waals surface area (Å²) in [6.07, 6.45) is 7.50. The fraction of sp³-hybridized carbons (Fsp3) is 0.923. The van der Waals surface area contributed by atoms with Gasteiger partial charge in [0.05, 0.1) is 19.3 Å². The van der Waals surface area contributed by atoms with Gasteiger partial charge in [0.2, 0.25) is 0 Å². The van der Waals surface area contributed by atoms with E-state index >= 15 is 0 Å². The van der Waals surface area contributed by atoms with Crippen LogP contribution in [0.25, 0.3) is 0 Å². The summed E-state index contributed by atoms with van der Waals surface area (Å²) in [5.74, 6) is -0.188. The van der Waals surface area contributed by atoms with Gasteiger partial charge in [-0.2, -0.15) is 0 Å². The summed E-state index contributed by atoms with van der Waals surface area (Å²) in [4.78, 5) is 11.8. The number of esters is 1. The minimum atomic E-state index is -0.104. The van der Waals surface area contributed by atoms with Crippen LogP contribution in [0.2, 0.25) is 0 Å². The number of nitrogens with one attached hydrogen (secondary N) is 1. The van der Waals surface area contributed by atoms with Crippen LogP contribution < -0.4 is 5.32 Å². The molecule has 17 heavy (non-hydrogen) atoms. The largest absolute Gasteiger partial charge is 0.469 e. The van der Waals surface area contributed by atoms with Crippen molar-refractivity contribution in [2.45, 2.75) is 62.8 Å². The highest BCUT2D eigenvalue weighted by atomic mass is 16.5. The predicted octanol–water partition coefficient (Wildman–Crippen LogP) is 1.24. The van der Waals surface area contributed by atoms with Crippen molar-refractivity contribution < 1.29 is 14.3 Å². The molecule has 0 radical (unpaired) electrons. The van der Waals surface area contributed by atoms with E-state index in [-0.39, 0.29) is 30.1 Å². The molecule has 0 aromatic rings. The monoisotopic (exact) mass is 239 g/mol. The Kier molecular flexibility index (Phi) is 3.09. The van der Waals surface area contributed by atoms with Gasteiger partial charge in [-0.05, 0) is 25.7 Å². The van der Waals surface area contributed by atoms with Gasteiger partial charge in [0, 0.05) is 12.1 Å². The molecule has 1 N–H and O–H groups in total. The minimum absolute atomic E-state index is 0.0839. The van der Waals surface area contributed by atoms with Crippen LogP contribution >= 0.6 is 0 Å². The summed E-state index contributed by atoms with van der Waals surface area (Å²) in [6.45, 7) is 0. The molecule has 2 saturated heterocycles. The first-order valence-corrected chi connectivity index (χ1v) is 6.79. The molecule has 96 valence electrons. The zero-order chi connectivity index (χ0) is 11.8. The van der Waals surface area contributed by atoms with Crippen molar-refractivity contribution in [1.82, 2.24) is 5.32 Å². The van der Waals surface area contributed by atoms with Crippen molar-refractivity contribution in [1.29, 1.82) is 0 Å². The van der Waals surface area contributed by atoms with Crippen LogP contribution in [-0.2, 0) is 14.3 Å². The standard InChI is InChI=1S/C13H21NO3/c1-16-13(15)11-9-6-7-10(17-9)12(11)14-8-4-2-3-5-8/h8-12,14H,2-7H2,1H3/t9-,10+,11-,12+/m0/s1. The fourth-order valence-electron chi connectivity index (χ4n) is 3.69. The molecule has 0 aromatic carbocycles. The van der Waals surface area contributed by atoms with E-state index in [2.05, 4.69) is 5.32 Å². The minimum Gasteiger partial charge on any atom is -0.469 e. The quantitative estimate of drug-likeness (QED) is 0.753. The zero-order valence-electron chi connectivity index (χ0n) is 10.4. The lowest BCUT2D eigenvalue weighted by atomic mass is 9.84. The summed E-state index contributed by atoms with van der Waals surface area (Å²) in [5.41, 5.74) is 0. The van der Waals surface area contributed by atoms with Crippen LogP contribution in [0.15, 0.2) is 0 Å².